The third-order valence-corrected chi connectivity index (χ3v) is 1.43. The van der Waals surface area contributed by atoms with Crippen LogP contribution >= 0.6 is 11.3 Å². The smallest absolute Gasteiger partial charge is 0.180 e. The average molecular weight is 154 g/mol. The Morgan fingerprint density at radius 2 is 2.30 bits per heavy atom. The van der Waals surface area contributed by atoms with Crippen LogP contribution in [0.5, 0.6) is 0 Å². The Bertz CT molecular complexity index is 205. The second-order valence-electron chi connectivity index (χ2n) is 1.62. The minimum absolute atomic E-state index is 0.650. The molecule has 0 bridgehead atoms. The summed E-state index contributed by atoms with van der Waals surface area (Å²) in [5, 5.41) is 2.58. The summed E-state index contributed by atoms with van der Waals surface area (Å²) in [5.41, 5.74) is 6.29. The molecule has 3 heteroatoms. The van der Waals surface area contributed by atoms with E-state index in [1.807, 2.05) is 12.3 Å². The van der Waals surface area contributed by atoms with Gasteiger partial charge in [-0.15, -0.1) is 23.7 Å². The fourth-order valence-electron chi connectivity index (χ4n) is 0.372. The Balaban J connectivity index is 0.000000236. The second kappa shape index (κ2) is 4.83. The molecule has 54 valence electrons. The number of thiazole rings is 1. The van der Waals surface area contributed by atoms with Crippen LogP contribution in [0.2, 0.25) is 0 Å². The van der Waals surface area contributed by atoms with Gasteiger partial charge in [-0.1, -0.05) is 0 Å². The molecule has 0 atom stereocenters. The molecule has 0 aromatic carbocycles. The molecule has 2 nitrogen and oxygen atoms in total. The van der Waals surface area contributed by atoms with Crippen molar-refractivity contribution in [1.82, 2.24) is 4.98 Å². The summed E-state index contributed by atoms with van der Waals surface area (Å²) < 4.78 is 0. The first-order valence-electron chi connectivity index (χ1n) is 2.75. The number of nitrogens with two attached hydrogens (primary N) is 1. The third-order valence-electron chi connectivity index (χ3n) is 0.637. The number of hydrogen-bond donors (Lipinski definition) is 1. The van der Waals surface area contributed by atoms with Crippen LogP contribution in [-0.2, 0) is 0 Å². The predicted molar refractivity (Wildman–Crippen MR) is 45.8 cm³/mol. The van der Waals surface area contributed by atoms with Crippen LogP contribution in [0, 0.1) is 19.3 Å². The Labute approximate surface area is 65.1 Å². The molecule has 0 amide bonds. The van der Waals surface area contributed by atoms with Crippen molar-refractivity contribution in [2.45, 2.75) is 13.8 Å². The van der Waals surface area contributed by atoms with Gasteiger partial charge in [0.1, 0.15) is 0 Å². The predicted octanol–water partition coefficient (Wildman–Crippen LogP) is 1.67. The van der Waals surface area contributed by atoms with Crippen molar-refractivity contribution in [1.29, 1.82) is 0 Å². The molecular weight excluding hydrogens is 144 g/mol. The average Bonchev–Trinajstić information content (AvgIpc) is 2.17. The van der Waals surface area contributed by atoms with Crippen LogP contribution in [0.3, 0.4) is 0 Å². The second-order valence-corrected chi connectivity index (χ2v) is 2.51. The molecule has 1 heterocycles. The van der Waals surface area contributed by atoms with Gasteiger partial charge in [0.25, 0.3) is 0 Å². The number of hydrogen-bond acceptors (Lipinski definition) is 3. The molecule has 0 aliphatic rings. The van der Waals surface area contributed by atoms with Crippen molar-refractivity contribution in [3.05, 3.63) is 11.1 Å². The molecule has 0 fully saturated rings. The quantitative estimate of drug-likeness (QED) is 0.577. The third kappa shape index (κ3) is 3.93. The molecular formula is C7H10N2S. The van der Waals surface area contributed by atoms with Gasteiger partial charge in [-0.2, -0.15) is 0 Å². The maximum absolute atomic E-state index is 5.29. The van der Waals surface area contributed by atoms with Crippen LogP contribution in [0.15, 0.2) is 5.38 Å². The van der Waals surface area contributed by atoms with E-state index in [0.717, 1.165) is 5.69 Å². The molecule has 0 unspecified atom stereocenters. The molecule has 0 spiro atoms. The van der Waals surface area contributed by atoms with Gasteiger partial charge in [-0.3, -0.25) is 0 Å². The first kappa shape index (κ1) is 8.99. The van der Waals surface area contributed by atoms with E-state index in [1.165, 1.54) is 11.3 Å². The number of aryl methyl sites for hydroxylation is 1. The van der Waals surface area contributed by atoms with E-state index in [2.05, 4.69) is 17.3 Å². The minimum Gasteiger partial charge on any atom is -0.375 e. The van der Waals surface area contributed by atoms with Gasteiger partial charge < -0.3 is 5.73 Å². The lowest BCUT2D eigenvalue weighted by Crippen LogP contribution is -1.80. The van der Waals surface area contributed by atoms with E-state index in [9.17, 15) is 0 Å². The molecule has 0 aliphatic heterocycles. The molecule has 1 aromatic rings. The van der Waals surface area contributed by atoms with Crippen LogP contribution < -0.4 is 5.73 Å². The summed E-state index contributed by atoms with van der Waals surface area (Å²) in [6.07, 6.45) is 4.60. The molecule has 0 saturated heterocycles. The van der Waals surface area contributed by atoms with Crippen LogP contribution in [0.25, 0.3) is 0 Å². The lowest BCUT2D eigenvalue weighted by molar-refractivity contribution is 1.27. The van der Waals surface area contributed by atoms with Gasteiger partial charge in [0.05, 0.1) is 5.69 Å². The molecule has 0 aliphatic carbocycles. The fourth-order valence-corrected chi connectivity index (χ4v) is 0.913. The van der Waals surface area contributed by atoms with Gasteiger partial charge in [0.2, 0.25) is 0 Å². The van der Waals surface area contributed by atoms with E-state index in [4.69, 9.17) is 5.73 Å². The Kier molecular flexibility index (Phi) is 4.34. The number of nitrogens with zero attached hydrogens (tertiary/aromatic N) is 1. The van der Waals surface area contributed by atoms with Crippen molar-refractivity contribution in [2.75, 3.05) is 5.73 Å². The van der Waals surface area contributed by atoms with Crippen LogP contribution in [0.1, 0.15) is 12.6 Å². The van der Waals surface area contributed by atoms with Gasteiger partial charge in [-0.25, -0.2) is 4.98 Å². The highest BCUT2D eigenvalue weighted by molar-refractivity contribution is 7.13. The van der Waals surface area contributed by atoms with E-state index < -0.39 is 0 Å². The first-order chi connectivity index (χ1) is 4.70. The largest absolute Gasteiger partial charge is 0.375 e. The summed E-state index contributed by atoms with van der Waals surface area (Å²) >= 11 is 1.47. The van der Waals surface area contributed by atoms with E-state index >= 15 is 0 Å². The van der Waals surface area contributed by atoms with Gasteiger partial charge in [0.15, 0.2) is 5.13 Å². The van der Waals surface area contributed by atoms with Crippen molar-refractivity contribution >= 4 is 16.5 Å². The SMILES string of the molecule is C#CC.Cc1csc(N)n1. The van der Waals surface area contributed by atoms with E-state index in [-0.39, 0.29) is 0 Å². The highest BCUT2D eigenvalue weighted by atomic mass is 32.1. The summed E-state index contributed by atoms with van der Waals surface area (Å²) in [6, 6.07) is 0. The Morgan fingerprint density at radius 3 is 2.40 bits per heavy atom. The normalized spacial score (nSPS) is 7.30. The summed E-state index contributed by atoms with van der Waals surface area (Å²) in [6.45, 7) is 3.58. The molecule has 0 radical (unpaired) electrons. The standard InChI is InChI=1S/C4H6N2S.C3H4/c1-3-2-7-4(5)6-3;1-3-2/h2H,1H3,(H2,5,6);1H,2H3. The van der Waals surface area contributed by atoms with E-state index in [0.29, 0.717) is 5.13 Å². The van der Waals surface area contributed by atoms with Crippen LogP contribution in [-0.4, -0.2) is 4.98 Å². The first-order valence-corrected chi connectivity index (χ1v) is 3.63. The molecule has 2 N–H and O–H groups in total. The number of terminal acetylenes is 1. The van der Waals surface area contributed by atoms with Crippen molar-refractivity contribution in [3.63, 3.8) is 0 Å². The van der Waals surface area contributed by atoms with E-state index in [1.54, 1.807) is 6.92 Å². The maximum atomic E-state index is 5.29. The molecule has 1 aromatic heterocycles. The van der Waals surface area contributed by atoms with Crippen molar-refractivity contribution < 1.29 is 0 Å². The van der Waals surface area contributed by atoms with Crippen molar-refractivity contribution in [3.8, 4) is 12.3 Å². The summed E-state index contributed by atoms with van der Waals surface area (Å²) in [7, 11) is 0. The lowest BCUT2D eigenvalue weighted by atomic mass is 10.6. The zero-order chi connectivity index (χ0) is 7.98. The number of anilines is 1. The summed E-state index contributed by atoms with van der Waals surface area (Å²) in [5.74, 6) is 2.25. The van der Waals surface area contributed by atoms with Gasteiger partial charge >= 0.3 is 0 Å². The highest BCUT2D eigenvalue weighted by Crippen LogP contribution is 2.08. The number of aromatic nitrogens is 1. The Hall–Kier alpha value is -1.01. The zero-order valence-corrected chi connectivity index (χ0v) is 6.90. The fraction of sp³-hybridized carbons (Fsp3) is 0.286. The number of nitrogen functional groups attached to an aromatic ring is 1. The van der Waals surface area contributed by atoms with Gasteiger partial charge in [-0.05, 0) is 13.8 Å². The minimum atomic E-state index is 0.650. The monoisotopic (exact) mass is 154 g/mol. The topological polar surface area (TPSA) is 38.9 Å². The highest BCUT2D eigenvalue weighted by Gasteiger charge is 1.86. The summed E-state index contributed by atoms with van der Waals surface area (Å²) in [4.78, 5) is 3.91. The maximum Gasteiger partial charge on any atom is 0.180 e. The van der Waals surface area contributed by atoms with Crippen LogP contribution in [0.4, 0.5) is 5.13 Å². The molecule has 0 saturated carbocycles. The van der Waals surface area contributed by atoms with Gasteiger partial charge in [0, 0.05) is 5.38 Å². The number of rotatable bonds is 0. The Morgan fingerprint density at radius 1 is 1.80 bits per heavy atom. The molecule has 10 heavy (non-hydrogen) atoms. The zero-order valence-electron chi connectivity index (χ0n) is 6.09. The van der Waals surface area contributed by atoms with Crippen molar-refractivity contribution in [2.24, 2.45) is 0 Å². The molecule has 1 rings (SSSR count). The lowest BCUT2D eigenvalue weighted by Gasteiger charge is -1.72.